The van der Waals surface area contributed by atoms with Crippen molar-refractivity contribution < 1.29 is 4.42 Å². The van der Waals surface area contributed by atoms with E-state index in [1.165, 1.54) is 0 Å². The van der Waals surface area contributed by atoms with Crippen LogP contribution in [0.3, 0.4) is 0 Å². The molecule has 5 rings (SSSR count). The predicted molar refractivity (Wildman–Crippen MR) is 94.5 cm³/mol. The molecule has 0 fully saturated rings. The van der Waals surface area contributed by atoms with Gasteiger partial charge in [0, 0.05) is 24.5 Å². The fraction of sp³-hybridized carbons (Fsp3) is 0.111. The standard InChI is InChI=1S/C18H14N6O/c1-2-6-13-12(5-1)16-17(25-13)18(21-11-20-16)19-9-8-15-23-22-14-7-3-4-10-24(14)15/h1-7,10-11H,8-9H2,(H,19,20,21). The summed E-state index contributed by atoms with van der Waals surface area (Å²) < 4.78 is 7.91. The minimum Gasteiger partial charge on any atom is -0.450 e. The first-order chi connectivity index (χ1) is 12.4. The molecule has 0 radical (unpaired) electrons. The molecule has 25 heavy (non-hydrogen) atoms. The third kappa shape index (κ3) is 2.28. The van der Waals surface area contributed by atoms with Crippen LogP contribution in [0.5, 0.6) is 0 Å². The van der Waals surface area contributed by atoms with Gasteiger partial charge >= 0.3 is 0 Å². The molecule has 5 aromatic rings. The number of nitrogens with zero attached hydrogens (tertiary/aromatic N) is 5. The molecule has 0 aliphatic rings. The van der Waals surface area contributed by atoms with Crippen molar-refractivity contribution >= 4 is 33.5 Å². The van der Waals surface area contributed by atoms with Crippen molar-refractivity contribution in [1.82, 2.24) is 24.6 Å². The van der Waals surface area contributed by atoms with E-state index in [-0.39, 0.29) is 0 Å². The molecule has 0 bridgehead atoms. The third-order valence-electron chi connectivity index (χ3n) is 4.18. The van der Waals surface area contributed by atoms with Gasteiger partial charge in [0.1, 0.15) is 23.3 Å². The Hall–Kier alpha value is -3.48. The van der Waals surface area contributed by atoms with Gasteiger partial charge in [-0.25, -0.2) is 9.97 Å². The summed E-state index contributed by atoms with van der Waals surface area (Å²) in [4.78, 5) is 8.68. The van der Waals surface area contributed by atoms with Gasteiger partial charge in [0.05, 0.1) is 0 Å². The van der Waals surface area contributed by atoms with Crippen molar-refractivity contribution in [2.75, 3.05) is 11.9 Å². The summed E-state index contributed by atoms with van der Waals surface area (Å²) in [7, 11) is 0. The van der Waals surface area contributed by atoms with E-state index in [9.17, 15) is 0 Å². The zero-order valence-electron chi connectivity index (χ0n) is 13.3. The van der Waals surface area contributed by atoms with Crippen molar-refractivity contribution in [3.05, 3.63) is 60.8 Å². The number of fused-ring (bicyclic) bond motifs is 4. The Morgan fingerprint density at radius 3 is 2.92 bits per heavy atom. The number of para-hydroxylation sites is 1. The maximum atomic E-state index is 5.92. The third-order valence-corrected chi connectivity index (χ3v) is 4.18. The molecule has 1 aromatic carbocycles. The van der Waals surface area contributed by atoms with Crippen molar-refractivity contribution in [3.8, 4) is 0 Å². The van der Waals surface area contributed by atoms with Crippen molar-refractivity contribution in [3.63, 3.8) is 0 Å². The molecular weight excluding hydrogens is 316 g/mol. The molecule has 0 unspecified atom stereocenters. The van der Waals surface area contributed by atoms with Crippen LogP contribution in [0.25, 0.3) is 27.7 Å². The monoisotopic (exact) mass is 330 g/mol. The largest absolute Gasteiger partial charge is 0.450 e. The molecule has 0 aliphatic carbocycles. The van der Waals surface area contributed by atoms with Crippen molar-refractivity contribution in [1.29, 1.82) is 0 Å². The molecule has 0 saturated carbocycles. The molecule has 7 nitrogen and oxygen atoms in total. The van der Waals surface area contributed by atoms with Crippen LogP contribution in [-0.4, -0.2) is 31.1 Å². The van der Waals surface area contributed by atoms with Crippen LogP contribution < -0.4 is 5.32 Å². The van der Waals surface area contributed by atoms with Crippen LogP contribution in [0.1, 0.15) is 5.82 Å². The van der Waals surface area contributed by atoms with Crippen molar-refractivity contribution in [2.24, 2.45) is 0 Å². The van der Waals surface area contributed by atoms with Gasteiger partial charge in [-0.15, -0.1) is 10.2 Å². The van der Waals surface area contributed by atoms with E-state index in [4.69, 9.17) is 4.42 Å². The Labute approximate surface area is 142 Å². The summed E-state index contributed by atoms with van der Waals surface area (Å²) in [5, 5.41) is 12.7. The second kappa shape index (κ2) is 5.55. The maximum absolute atomic E-state index is 5.92. The topological polar surface area (TPSA) is 81.1 Å². The number of benzene rings is 1. The fourth-order valence-electron chi connectivity index (χ4n) is 3.00. The van der Waals surface area contributed by atoms with Crippen molar-refractivity contribution in [2.45, 2.75) is 6.42 Å². The van der Waals surface area contributed by atoms with Crippen LogP contribution in [0.2, 0.25) is 0 Å². The number of aromatic nitrogens is 5. The highest BCUT2D eigenvalue weighted by atomic mass is 16.3. The van der Waals surface area contributed by atoms with Gasteiger partial charge in [-0.2, -0.15) is 0 Å². The molecule has 7 heteroatoms. The van der Waals surface area contributed by atoms with E-state index in [2.05, 4.69) is 25.5 Å². The Morgan fingerprint density at radius 2 is 1.92 bits per heavy atom. The van der Waals surface area contributed by atoms with Gasteiger partial charge in [0.2, 0.25) is 0 Å². The summed E-state index contributed by atoms with van der Waals surface area (Å²) in [6.45, 7) is 0.666. The average Bonchev–Trinajstić information content (AvgIpc) is 3.24. The molecule has 0 atom stereocenters. The van der Waals surface area contributed by atoms with Crippen LogP contribution in [0.4, 0.5) is 5.82 Å². The average molecular weight is 330 g/mol. The molecule has 1 N–H and O–H groups in total. The maximum Gasteiger partial charge on any atom is 0.196 e. The second-order valence-electron chi connectivity index (χ2n) is 5.72. The Morgan fingerprint density at radius 1 is 1.00 bits per heavy atom. The molecular formula is C18H14N6O. The number of anilines is 1. The van der Waals surface area contributed by atoms with Crippen LogP contribution >= 0.6 is 0 Å². The zero-order valence-corrected chi connectivity index (χ0v) is 13.3. The fourth-order valence-corrected chi connectivity index (χ4v) is 3.00. The molecule has 0 amide bonds. The summed E-state index contributed by atoms with van der Waals surface area (Å²) in [5.41, 5.74) is 3.15. The van der Waals surface area contributed by atoms with Gasteiger partial charge in [-0.3, -0.25) is 4.40 Å². The lowest BCUT2D eigenvalue weighted by molar-refractivity contribution is 0.666. The first-order valence-corrected chi connectivity index (χ1v) is 8.05. The normalized spacial score (nSPS) is 11.5. The van der Waals surface area contributed by atoms with E-state index in [0.29, 0.717) is 17.9 Å². The summed E-state index contributed by atoms with van der Waals surface area (Å²) in [6.07, 6.45) is 4.24. The van der Waals surface area contributed by atoms with Gasteiger partial charge in [0.25, 0.3) is 0 Å². The number of hydrogen-bond acceptors (Lipinski definition) is 6. The highest BCUT2D eigenvalue weighted by Crippen LogP contribution is 2.30. The minimum absolute atomic E-state index is 0.666. The highest BCUT2D eigenvalue weighted by molar-refractivity contribution is 6.05. The smallest absolute Gasteiger partial charge is 0.196 e. The predicted octanol–water partition coefficient (Wildman–Crippen LogP) is 3.07. The second-order valence-corrected chi connectivity index (χ2v) is 5.72. The van der Waals surface area contributed by atoms with Crippen LogP contribution in [-0.2, 0) is 6.42 Å². The lowest BCUT2D eigenvalue weighted by atomic mass is 10.2. The lowest BCUT2D eigenvalue weighted by Crippen LogP contribution is -2.09. The lowest BCUT2D eigenvalue weighted by Gasteiger charge is -2.04. The quantitative estimate of drug-likeness (QED) is 0.545. The Balaban J connectivity index is 1.42. The number of rotatable bonds is 4. The first-order valence-electron chi connectivity index (χ1n) is 8.05. The molecule has 0 saturated heterocycles. The van der Waals surface area contributed by atoms with Crippen LogP contribution in [0.15, 0.2) is 59.4 Å². The van der Waals surface area contributed by atoms with Gasteiger partial charge in [-0.05, 0) is 24.3 Å². The van der Waals surface area contributed by atoms with E-state index in [0.717, 1.165) is 34.4 Å². The number of hydrogen-bond donors (Lipinski definition) is 1. The zero-order chi connectivity index (χ0) is 16.6. The molecule has 0 spiro atoms. The van der Waals surface area contributed by atoms with E-state index >= 15 is 0 Å². The Bertz CT molecular complexity index is 1190. The molecule has 4 aromatic heterocycles. The summed E-state index contributed by atoms with van der Waals surface area (Å²) in [5.74, 6) is 1.59. The molecule has 122 valence electrons. The van der Waals surface area contributed by atoms with Crippen LogP contribution in [0, 0.1) is 0 Å². The van der Waals surface area contributed by atoms with E-state index < -0.39 is 0 Å². The summed E-state index contributed by atoms with van der Waals surface area (Å²) >= 11 is 0. The van der Waals surface area contributed by atoms with E-state index in [1.807, 2.05) is 53.1 Å². The Kier molecular flexibility index (Phi) is 3.09. The van der Waals surface area contributed by atoms with E-state index in [1.54, 1.807) is 6.33 Å². The summed E-state index contributed by atoms with van der Waals surface area (Å²) in [6, 6.07) is 13.7. The SMILES string of the molecule is c1ccc2c(c1)oc1c(NCCc3nnc4ccccn34)ncnc12. The van der Waals surface area contributed by atoms with Gasteiger partial charge < -0.3 is 9.73 Å². The number of nitrogens with one attached hydrogen (secondary N) is 1. The van der Waals surface area contributed by atoms with Gasteiger partial charge in [0.15, 0.2) is 17.0 Å². The minimum atomic E-state index is 0.666. The highest BCUT2D eigenvalue weighted by Gasteiger charge is 2.12. The number of pyridine rings is 1. The number of furan rings is 1. The first kappa shape index (κ1) is 13.9. The molecule has 0 aliphatic heterocycles. The van der Waals surface area contributed by atoms with Gasteiger partial charge in [-0.1, -0.05) is 18.2 Å². The molecule has 4 heterocycles.